The fraction of sp³-hybridized carbons (Fsp3) is 0.286. The van der Waals surface area contributed by atoms with Gasteiger partial charge in [-0.15, -0.1) is 0 Å². The molecule has 2 aromatic carbocycles. The standard InChI is InChI=1S/C28H27FN6O2/c1-16-10-19(4-9-22(16)28(37)33-21-7-8-21)24-14-32-27-26(31-13-17-11-25(36)30-12-17)34-23(15-35(24)27)18-2-5-20(29)6-3-18/h2-6,9-10,14-15,17,21H,7-8,11-13H2,1H3,(H,30,36)(H,31,34)(H,33,37). The predicted octanol–water partition coefficient (Wildman–Crippen LogP) is 3.95. The van der Waals surface area contributed by atoms with Gasteiger partial charge in [-0.05, 0) is 61.7 Å². The predicted molar refractivity (Wildman–Crippen MR) is 139 cm³/mol. The Hall–Kier alpha value is -4.27. The SMILES string of the molecule is Cc1cc(-c2cnc3c(NCC4CNC(=O)C4)nc(-c4ccc(F)cc4)cn23)ccc1C(=O)NC1CC1. The minimum Gasteiger partial charge on any atom is -0.367 e. The number of aromatic nitrogens is 3. The molecule has 0 radical (unpaired) electrons. The number of benzene rings is 2. The highest BCUT2D eigenvalue weighted by atomic mass is 19.1. The van der Waals surface area contributed by atoms with Crippen molar-refractivity contribution in [3.8, 4) is 22.5 Å². The molecule has 2 amide bonds. The maximum Gasteiger partial charge on any atom is 0.251 e. The molecule has 3 heterocycles. The van der Waals surface area contributed by atoms with E-state index in [1.807, 2.05) is 35.7 Å². The third-order valence-corrected chi connectivity index (χ3v) is 6.93. The van der Waals surface area contributed by atoms with E-state index in [2.05, 4.69) is 20.9 Å². The van der Waals surface area contributed by atoms with Gasteiger partial charge in [-0.3, -0.25) is 14.0 Å². The van der Waals surface area contributed by atoms with Crippen LogP contribution in [-0.2, 0) is 4.79 Å². The maximum atomic E-state index is 13.6. The molecule has 8 nitrogen and oxygen atoms in total. The first kappa shape index (κ1) is 23.1. The normalized spacial score (nSPS) is 17.1. The Morgan fingerprint density at radius 2 is 1.95 bits per heavy atom. The molecule has 1 aliphatic carbocycles. The highest BCUT2D eigenvalue weighted by Gasteiger charge is 2.25. The zero-order chi connectivity index (χ0) is 25.5. The summed E-state index contributed by atoms with van der Waals surface area (Å²) < 4.78 is 15.5. The lowest BCUT2D eigenvalue weighted by Gasteiger charge is -2.14. The first-order chi connectivity index (χ1) is 17.9. The molecular weight excluding hydrogens is 471 g/mol. The molecule has 37 heavy (non-hydrogen) atoms. The molecule has 1 saturated heterocycles. The number of hydrogen-bond donors (Lipinski definition) is 3. The molecule has 2 fully saturated rings. The average Bonchev–Trinajstić information content (AvgIpc) is 3.43. The lowest BCUT2D eigenvalue weighted by Crippen LogP contribution is -2.26. The molecule has 2 aliphatic rings. The van der Waals surface area contributed by atoms with Crippen LogP contribution in [0.4, 0.5) is 10.2 Å². The number of amides is 2. The zero-order valence-corrected chi connectivity index (χ0v) is 20.4. The number of carbonyl (C=O) groups excluding carboxylic acids is 2. The number of imidazole rings is 1. The number of hydrogen-bond acceptors (Lipinski definition) is 5. The summed E-state index contributed by atoms with van der Waals surface area (Å²) in [6, 6.07) is 12.3. The van der Waals surface area contributed by atoms with Gasteiger partial charge in [0.25, 0.3) is 5.91 Å². The van der Waals surface area contributed by atoms with E-state index in [0.29, 0.717) is 48.3 Å². The molecule has 3 N–H and O–H groups in total. The molecule has 1 unspecified atom stereocenters. The van der Waals surface area contributed by atoms with Crippen LogP contribution in [0.15, 0.2) is 54.9 Å². The van der Waals surface area contributed by atoms with Crippen molar-refractivity contribution in [1.82, 2.24) is 25.0 Å². The van der Waals surface area contributed by atoms with Gasteiger partial charge in [0.15, 0.2) is 11.5 Å². The Balaban J connectivity index is 1.38. The lowest BCUT2D eigenvalue weighted by molar-refractivity contribution is -0.119. The van der Waals surface area contributed by atoms with Gasteiger partial charge < -0.3 is 16.0 Å². The van der Waals surface area contributed by atoms with Crippen molar-refractivity contribution in [3.05, 3.63) is 71.8 Å². The van der Waals surface area contributed by atoms with E-state index in [1.54, 1.807) is 18.3 Å². The summed E-state index contributed by atoms with van der Waals surface area (Å²) in [4.78, 5) is 33.7. The summed E-state index contributed by atoms with van der Waals surface area (Å²) in [5, 5.41) is 9.29. The largest absolute Gasteiger partial charge is 0.367 e. The van der Waals surface area contributed by atoms with Crippen molar-refractivity contribution in [1.29, 1.82) is 0 Å². The van der Waals surface area contributed by atoms with E-state index in [-0.39, 0.29) is 23.5 Å². The molecule has 9 heteroatoms. The Morgan fingerprint density at radius 1 is 1.16 bits per heavy atom. The average molecular weight is 499 g/mol. The summed E-state index contributed by atoms with van der Waals surface area (Å²) in [6.45, 7) is 3.13. The minimum absolute atomic E-state index is 0.0427. The second kappa shape index (κ2) is 9.31. The number of fused-ring (bicyclic) bond motifs is 1. The van der Waals surface area contributed by atoms with Gasteiger partial charge in [0, 0.05) is 54.4 Å². The van der Waals surface area contributed by atoms with Gasteiger partial charge in [-0.2, -0.15) is 0 Å². The number of anilines is 1. The van der Waals surface area contributed by atoms with Crippen molar-refractivity contribution >= 4 is 23.3 Å². The Labute approximate surface area is 213 Å². The monoisotopic (exact) mass is 498 g/mol. The molecule has 6 rings (SSSR count). The third kappa shape index (κ3) is 4.76. The quantitative estimate of drug-likeness (QED) is 0.358. The van der Waals surface area contributed by atoms with Gasteiger partial charge >= 0.3 is 0 Å². The van der Waals surface area contributed by atoms with E-state index >= 15 is 0 Å². The first-order valence-electron chi connectivity index (χ1n) is 12.5. The van der Waals surface area contributed by atoms with E-state index in [1.165, 1.54) is 12.1 Å². The zero-order valence-electron chi connectivity index (χ0n) is 20.4. The number of halogens is 1. The molecule has 1 saturated carbocycles. The van der Waals surface area contributed by atoms with Crippen molar-refractivity contribution in [2.75, 3.05) is 18.4 Å². The molecule has 1 atom stereocenters. The Morgan fingerprint density at radius 3 is 2.65 bits per heavy atom. The number of aryl methyl sites for hydroxylation is 1. The number of rotatable bonds is 7. The first-order valence-corrected chi connectivity index (χ1v) is 12.5. The highest BCUT2D eigenvalue weighted by Crippen LogP contribution is 2.29. The number of nitrogens with zero attached hydrogens (tertiary/aromatic N) is 3. The van der Waals surface area contributed by atoms with E-state index in [9.17, 15) is 14.0 Å². The summed E-state index contributed by atoms with van der Waals surface area (Å²) in [5.41, 5.74) is 5.39. The second-order valence-corrected chi connectivity index (χ2v) is 9.85. The van der Waals surface area contributed by atoms with Crippen molar-refractivity contribution in [2.24, 2.45) is 5.92 Å². The Kier molecular flexibility index (Phi) is 5.82. The Bertz CT molecular complexity index is 1510. The summed E-state index contributed by atoms with van der Waals surface area (Å²) >= 11 is 0. The van der Waals surface area contributed by atoms with Crippen LogP contribution in [0.5, 0.6) is 0 Å². The van der Waals surface area contributed by atoms with Crippen LogP contribution in [0, 0.1) is 18.7 Å². The molecule has 2 aromatic heterocycles. The van der Waals surface area contributed by atoms with E-state index < -0.39 is 0 Å². The molecule has 0 spiro atoms. The van der Waals surface area contributed by atoms with E-state index in [4.69, 9.17) is 4.98 Å². The molecule has 1 aliphatic heterocycles. The van der Waals surface area contributed by atoms with Gasteiger partial charge in [-0.1, -0.05) is 6.07 Å². The summed E-state index contributed by atoms with van der Waals surface area (Å²) in [5.74, 6) is 0.447. The van der Waals surface area contributed by atoms with Crippen molar-refractivity contribution in [3.63, 3.8) is 0 Å². The molecular formula is C28H27FN6O2. The van der Waals surface area contributed by atoms with Crippen molar-refractivity contribution in [2.45, 2.75) is 32.2 Å². The van der Waals surface area contributed by atoms with Crippen LogP contribution in [-0.4, -0.2) is 45.3 Å². The second-order valence-electron chi connectivity index (χ2n) is 9.85. The lowest BCUT2D eigenvalue weighted by atomic mass is 10.0. The van der Waals surface area contributed by atoms with Crippen LogP contribution in [0.2, 0.25) is 0 Å². The topological polar surface area (TPSA) is 100 Å². The van der Waals surface area contributed by atoms with E-state index in [0.717, 1.165) is 35.2 Å². The number of nitrogens with one attached hydrogen (secondary N) is 3. The summed E-state index contributed by atoms with van der Waals surface area (Å²) in [7, 11) is 0. The van der Waals surface area contributed by atoms with Crippen molar-refractivity contribution < 1.29 is 14.0 Å². The van der Waals surface area contributed by atoms with Gasteiger partial charge in [-0.25, -0.2) is 14.4 Å². The summed E-state index contributed by atoms with van der Waals surface area (Å²) in [6.07, 6.45) is 6.23. The van der Waals surface area contributed by atoms with Gasteiger partial charge in [0.05, 0.1) is 17.6 Å². The van der Waals surface area contributed by atoms with Crippen LogP contribution < -0.4 is 16.0 Å². The van der Waals surface area contributed by atoms with Crippen LogP contribution in [0.3, 0.4) is 0 Å². The third-order valence-electron chi connectivity index (χ3n) is 6.93. The molecule has 4 aromatic rings. The van der Waals surface area contributed by atoms with Gasteiger partial charge in [0.1, 0.15) is 5.82 Å². The maximum absolute atomic E-state index is 13.6. The van der Waals surface area contributed by atoms with Crippen LogP contribution in [0.25, 0.3) is 28.2 Å². The smallest absolute Gasteiger partial charge is 0.251 e. The fourth-order valence-corrected chi connectivity index (χ4v) is 4.70. The minimum atomic E-state index is -0.314. The van der Waals surface area contributed by atoms with Crippen LogP contribution >= 0.6 is 0 Å². The molecule has 0 bridgehead atoms. The van der Waals surface area contributed by atoms with Crippen LogP contribution in [0.1, 0.15) is 35.2 Å². The highest BCUT2D eigenvalue weighted by molar-refractivity contribution is 5.96. The number of carbonyl (C=O) groups is 2. The van der Waals surface area contributed by atoms with Gasteiger partial charge in [0.2, 0.25) is 5.91 Å². The molecule has 188 valence electrons. The fourth-order valence-electron chi connectivity index (χ4n) is 4.70.